The molecule has 2 aromatic rings. The predicted octanol–water partition coefficient (Wildman–Crippen LogP) is 1.24. The van der Waals surface area contributed by atoms with Crippen LogP contribution in [0.3, 0.4) is 0 Å². The van der Waals surface area contributed by atoms with Crippen molar-refractivity contribution < 1.29 is 27.5 Å². The van der Waals surface area contributed by atoms with Crippen molar-refractivity contribution in [2.24, 2.45) is 0 Å². The number of para-hydroxylation sites is 1. The Hall–Kier alpha value is -3.11. The van der Waals surface area contributed by atoms with Gasteiger partial charge in [0, 0.05) is 32.2 Å². The largest absolute Gasteiger partial charge is 0.484 e. The van der Waals surface area contributed by atoms with E-state index >= 15 is 0 Å². The maximum atomic E-state index is 13.2. The fourth-order valence-electron chi connectivity index (χ4n) is 3.56. The Morgan fingerprint density at radius 2 is 1.84 bits per heavy atom. The molecule has 1 fully saturated rings. The van der Waals surface area contributed by atoms with Crippen molar-refractivity contribution in [3.05, 3.63) is 48.0 Å². The molecule has 2 heterocycles. The summed E-state index contributed by atoms with van der Waals surface area (Å²) in [6.07, 6.45) is 0. The highest BCUT2D eigenvalue weighted by Gasteiger charge is 2.32. The first-order valence-electron chi connectivity index (χ1n) is 9.87. The number of ether oxygens (including phenoxy) is 2. The third-order valence-electron chi connectivity index (χ3n) is 5.22. The van der Waals surface area contributed by atoms with E-state index < -0.39 is 10.0 Å². The molecule has 0 aromatic heterocycles. The zero-order valence-electron chi connectivity index (χ0n) is 17.0. The number of benzene rings is 2. The maximum absolute atomic E-state index is 13.2. The Bertz CT molecular complexity index is 1100. The van der Waals surface area contributed by atoms with Gasteiger partial charge < -0.3 is 19.7 Å². The number of nitrogens with zero attached hydrogens (tertiary/aromatic N) is 2. The summed E-state index contributed by atoms with van der Waals surface area (Å²) in [7, 11) is -3.77. The van der Waals surface area contributed by atoms with Crippen LogP contribution < -0.4 is 14.8 Å². The Kier molecular flexibility index (Phi) is 5.84. The molecule has 0 atom stereocenters. The lowest BCUT2D eigenvalue weighted by atomic mass is 10.2. The standard InChI is InChI=1S/C21H23N3O6S/c1-15-11-17-18(30-13-20(25)22-17)12-19(15)31(27,28)24-9-7-23(8-10-24)21(26)14-29-16-5-3-2-4-6-16/h2-6,11-12H,7-10,13-14H2,1H3,(H,22,25). The van der Waals surface area contributed by atoms with Gasteiger partial charge in [-0.15, -0.1) is 0 Å². The van der Waals surface area contributed by atoms with E-state index in [-0.39, 0.29) is 56.1 Å². The van der Waals surface area contributed by atoms with Crippen LogP contribution in [0.2, 0.25) is 0 Å². The van der Waals surface area contributed by atoms with Crippen LogP contribution in [0, 0.1) is 6.92 Å². The van der Waals surface area contributed by atoms with E-state index in [4.69, 9.17) is 9.47 Å². The minimum atomic E-state index is -3.77. The van der Waals surface area contributed by atoms with Crippen molar-refractivity contribution in [3.63, 3.8) is 0 Å². The number of anilines is 1. The first-order chi connectivity index (χ1) is 14.8. The molecular formula is C21H23N3O6S. The number of hydrogen-bond donors (Lipinski definition) is 1. The Labute approximate surface area is 180 Å². The van der Waals surface area contributed by atoms with Crippen molar-refractivity contribution in [2.45, 2.75) is 11.8 Å². The number of nitrogens with one attached hydrogen (secondary N) is 1. The molecule has 0 spiro atoms. The molecule has 0 aliphatic carbocycles. The van der Waals surface area contributed by atoms with Gasteiger partial charge in [-0.2, -0.15) is 4.31 Å². The third kappa shape index (κ3) is 4.49. The SMILES string of the molecule is Cc1cc2c(cc1S(=O)(=O)N1CCN(C(=O)COc3ccccc3)CC1)OCC(=O)N2. The third-order valence-corrected chi connectivity index (χ3v) is 7.27. The van der Waals surface area contributed by atoms with Crippen LogP contribution in [0.15, 0.2) is 47.4 Å². The van der Waals surface area contributed by atoms with Gasteiger partial charge >= 0.3 is 0 Å². The fourth-order valence-corrected chi connectivity index (χ4v) is 5.21. The minimum Gasteiger partial charge on any atom is -0.484 e. The summed E-state index contributed by atoms with van der Waals surface area (Å²) in [5.41, 5.74) is 0.973. The number of fused-ring (bicyclic) bond motifs is 1. The maximum Gasteiger partial charge on any atom is 0.262 e. The lowest BCUT2D eigenvalue weighted by molar-refractivity contribution is -0.134. The van der Waals surface area contributed by atoms with Crippen LogP contribution in [0.25, 0.3) is 0 Å². The van der Waals surface area contributed by atoms with Crippen LogP contribution in [-0.4, -0.2) is 68.8 Å². The van der Waals surface area contributed by atoms with E-state index in [0.717, 1.165) is 0 Å². The van der Waals surface area contributed by atoms with Crippen LogP contribution in [0.5, 0.6) is 11.5 Å². The van der Waals surface area contributed by atoms with Gasteiger partial charge in [-0.1, -0.05) is 18.2 Å². The molecule has 1 saturated heterocycles. The van der Waals surface area contributed by atoms with Crippen LogP contribution in [0.4, 0.5) is 5.69 Å². The zero-order chi connectivity index (χ0) is 22.0. The number of amides is 2. The molecule has 31 heavy (non-hydrogen) atoms. The van der Waals surface area contributed by atoms with Crippen molar-refractivity contribution in [2.75, 3.05) is 44.7 Å². The van der Waals surface area contributed by atoms with Crippen LogP contribution >= 0.6 is 0 Å². The molecule has 0 radical (unpaired) electrons. The molecule has 1 N–H and O–H groups in total. The van der Waals surface area contributed by atoms with E-state index in [1.54, 1.807) is 30.0 Å². The summed E-state index contributed by atoms with van der Waals surface area (Å²) < 4.78 is 38.6. The summed E-state index contributed by atoms with van der Waals surface area (Å²) in [4.78, 5) is 25.6. The second kappa shape index (κ2) is 8.56. The topological polar surface area (TPSA) is 105 Å². The Morgan fingerprint density at radius 1 is 1.13 bits per heavy atom. The predicted molar refractivity (Wildman–Crippen MR) is 113 cm³/mol. The number of carbonyl (C=O) groups excluding carboxylic acids is 2. The molecule has 2 aliphatic rings. The second-order valence-electron chi connectivity index (χ2n) is 7.34. The monoisotopic (exact) mass is 445 g/mol. The van der Waals surface area contributed by atoms with Crippen molar-refractivity contribution >= 4 is 27.5 Å². The highest BCUT2D eigenvalue weighted by atomic mass is 32.2. The number of piperazine rings is 1. The quantitative estimate of drug-likeness (QED) is 0.742. The summed E-state index contributed by atoms with van der Waals surface area (Å²) in [6, 6.07) is 12.1. The van der Waals surface area contributed by atoms with E-state index in [2.05, 4.69) is 5.32 Å². The van der Waals surface area contributed by atoms with E-state index in [9.17, 15) is 18.0 Å². The fraction of sp³-hybridized carbons (Fsp3) is 0.333. The molecule has 0 bridgehead atoms. The first kappa shape index (κ1) is 21.1. The minimum absolute atomic E-state index is 0.0935. The number of hydrogen-bond acceptors (Lipinski definition) is 6. The van der Waals surface area contributed by atoms with Crippen molar-refractivity contribution in [1.29, 1.82) is 0 Å². The molecule has 2 aliphatic heterocycles. The van der Waals surface area contributed by atoms with Crippen molar-refractivity contribution in [3.8, 4) is 11.5 Å². The molecule has 9 nitrogen and oxygen atoms in total. The summed E-state index contributed by atoms with van der Waals surface area (Å²) in [5, 5.41) is 2.67. The number of rotatable bonds is 5. The first-order valence-corrected chi connectivity index (χ1v) is 11.3. The summed E-state index contributed by atoms with van der Waals surface area (Å²) in [6.45, 7) is 2.38. The molecule has 0 unspecified atom stereocenters. The highest BCUT2D eigenvalue weighted by Crippen LogP contribution is 2.34. The zero-order valence-corrected chi connectivity index (χ0v) is 17.9. The summed E-state index contributed by atoms with van der Waals surface area (Å²) in [5.74, 6) is 0.476. The van der Waals surface area contributed by atoms with E-state index in [1.807, 2.05) is 18.2 Å². The van der Waals surface area contributed by atoms with E-state index in [0.29, 0.717) is 22.7 Å². The number of aryl methyl sites for hydroxylation is 1. The van der Waals surface area contributed by atoms with Crippen LogP contribution in [-0.2, 0) is 19.6 Å². The van der Waals surface area contributed by atoms with E-state index in [1.165, 1.54) is 10.4 Å². The van der Waals surface area contributed by atoms with Gasteiger partial charge in [-0.25, -0.2) is 8.42 Å². The molecule has 2 aromatic carbocycles. The molecular weight excluding hydrogens is 422 g/mol. The van der Waals surface area contributed by atoms with Gasteiger partial charge in [0.1, 0.15) is 11.5 Å². The van der Waals surface area contributed by atoms with Gasteiger partial charge in [0.25, 0.3) is 11.8 Å². The Balaban J connectivity index is 1.40. The lowest BCUT2D eigenvalue weighted by Gasteiger charge is -2.34. The average Bonchev–Trinajstić information content (AvgIpc) is 2.77. The molecule has 10 heteroatoms. The molecule has 2 amide bonds. The number of carbonyl (C=O) groups is 2. The smallest absolute Gasteiger partial charge is 0.262 e. The normalized spacial score (nSPS) is 16.8. The molecule has 164 valence electrons. The highest BCUT2D eigenvalue weighted by molar-refractivity contribution is 7.89. The van der Waals surface area contributed by atoms with Crippen molar-refractivity contribution in [1.82, 2.24) is 9.21 Å². The molecule has 4 rings (SSSR count). The van der Waals surface area contributed by atoms with Gasteiger partial charge in [-0.3, -0.25) is 9.59 Å². The molecule has 0 saturated carbocycles. The average molecular weight is 445 g/mol. The second-order valence-corrected chi connectivity index (χ2v) is 9.24. The van der Waals surface area contributed by atoms with Gasteiger partial charge in [0.05, 0.1) is 10.6 Å². The number of sulfonamides is 1. The van der Waals surface area contributed by atoms with Crippen LogP contribution in [0.1, 0.15) is 5.56 Å². The van der Waals surface area contributed by atoms with Gasteiger partial charge in [0.15, 0.2) is 13.2 Å². The van der Waals surface area contributed by atoms with Gasteiger partial charge in [-0.05, 0) is 30.7 Å². The van der Waals surface area contributed by atoms with Gasteiger partial charge in [0.2, 0.25) is 10.0 Å². The summed E-state index contributed by atoms with van der Waals surface area (Å²) >= 11 is 0. The Morgan fingerprint density at radius 3 is 2.55 bits per heavy atom. The lowest BCUT2D eigenvalue weighted by Crippen LogP contribution is -2.51.